The van der Waals surface area contributed by atoms with Crippen molar-refractivity contribution >= 4 is 25.6 Å². The van der Waals surface area contributed by atoms with Gasteiger partial charge in [0.1, 0.15) is 11.0 Å². The zero-order chi connectivity index (χ0) is 15.5. The van der Waals surface area contributed by atoms with Gasteiger partial charge in [-0.2, -0.15) is 0 Å². The van der Waals surface area contributed by atoms with Gasteiger partial charge in [-0.1, -0.05) is 12.1 Å². The standard InChI is InChI=1S/C14H18ClNO4S/c1-2-20-12-5-3-4-11(8-12)6-7-16-10-13(9-14(16)17)21(15,18)19/h3-5,8,13H,2,6-7,9-10H2,1H3. The Morgan fingerprint density at radius 1 is 1.43 bits per heavy atom. The molecule has 1 saturated heterocycles. The van der Waals surface area contributed by atoms with E-state index in [-0.39, 0.29) is 18.9 Å². The second-order valence-electron chi connectivity index (χ2n) is 4.97. The van der Waals surface area contributed by atoms with E-state index in [4.69, 9.17) is 15.4 Å². The summed E-state index contributed by atoms with van der Waals surface area (Å²) in [7, 11) is 1.64. The molecule has 1 fully saturated rings. The molecule has 0 saturated carbocycles. The predicted molar refractivity (Wildman–Crippen MR) is 81.1 cm³/mol. The molecular formula is C14H18ClNO4S. The van der Waals surface area contributed by atoms with Crippen molar-refractivity contribution in [2.45, 2.75) is 25.0 Å². The van der Waals surface area contributed by atoms with Crippen molar-refractivity contribution < 1.29 is 17.9 Å². The van der Waals surface area contributed by atoms with Gasteiger partial charge in [-0.05, 0) is 31.0 Å². The van der Waals surface area contributed by atoms with Crippen LogP contribution in [0.3, 0.4) is 0 Å². The lowest BCUT2D eigenvalue weighted by atomic mass is 10.1. The summed E-state index contributed by atoms with van der Waals surface area (Å²) >= 11 is 0. The summed E-state index contributed by atoms with van der Waals surface area (Å²) in [6, 6.07) is 7.67. The van der Waals surface area contributed by atoms with Gasteiger partial charge in [0.05, 0.1) is 6.61 Å². The third-order valence-corrected chi connectivity index (χ3v) is 5.32. The number of ether oxygens (including phenoxy) is 1. The molecule has 21 heavy (non-hydrogen) atoms. The van der Waals surface area contributed by atoms with Crippen LogP contribution in [0.5, 0.6) is 5.75 Å². The van der Waals surface area contributed by atoms with E-state index in [1.807, 2.05) is 31.2 Å². The maximum absolute atomic E-state index is 11.8. The molecule has 7 heteroatoms. The van der Waals surface area contributed by atoms with Gasteiger partial charge in [-0.15, -0.1) is 0 Å². The first-order valence-corrected chi connectivity index (χ1v) is 9.20. The maximum atomic E-state index is 11.8. The van der Waals surface area contributed by atoms with Crippen LogP contribution in [0.25, 0.3) is 0 Å². The van der Waals surface area contributed by atoms with Crippen LogP contribution in [-0.2, 0) is 20.3 Å². The summed E-state index contributed by atoms with van der Waals surface area (Å²) < 4.78 is 28.0. The van der Waals surface area contributed by atoms with Crippen molar-refractivity contribution in [2.24, 2.45) is 0 Å². The third kappa shape index (κ3) is 4.35. The van der Waals surface area contributed by atoms with E-state index in [1.54, 1.807) is 4.90 Å². The number of hydrogen-bond acceptors (Lipinski definition) is 4. The van der Waals surface area contributed by atoms with Gasteiger partial charge in [-0.3, -0.25) is 4.79 Å². The minimum atomic E-state index is -3.68. The number of carbonyl (C=O) groups is 1. The second kappa shape index (κ2) is 6.66. The van der Waals surface area contributed by atoms with Gasteiger partial charge < -0.3 is 9.64 Å². The fraction of sp³-hybridized carbons (Fsp3) is 0.500. The van der Waals surface area contributed by atoms with Crippen molar-refractivity contribution in [3.8, 4) is 5.75 Å². The Bertz CT molecular complexity index is 617. The molecule has 1 heterocycles. The van der Waals surface area contributed by atoms with Crippen molar-refractivity contribution in [3.05, 3.63) is 29.8 Å². The molecule has 0 spiro atoms. The molecular weight excluding hydrogens is 314 g/mol. The van der Waals surface area contributed by atoms with Crippen molar-refractivity contribution in [1.82, 2.24) is 4.90 Å². The molecule has 0 N–H and O–H groups in total. The molecule has 2 rings (SSSR count). The monoisotopic (exact) mass is 331 g/mol. The fourth-order valence-electron chi connectivity index (χ4n) is 2.36. The smallest absolute Gasteiger partial charge is 0.237 e. The lowest BCUT2D eigenvalue weighted by Gasteiger charge is -2.16. The number of hydrogen-bond donors (Lipinski definition) is 0. The van der Waals surface area contributed by atoms with Crippen LogP contribution >= 0.6 is 10.7 Å². The molecule has 1 atom stereocenters. The first-order chi connectivity index (χ1) is 9.90. The molecule has 1 aromatic rings. The Kier molecular flexibility index (Phi) is 5.11. The molecule has 5 nitrogen and oxygen atoms in total. The zero-order valence-electron chi connectivity index (χ0n) is 11.8. The summed E-state index contributed by atoms with van der Waals surface area (Å²) in [6.45, 7) is 3.18. The Balaban J connectivity index is 1.94. The van der Waals surface area contributed by atoms with Crippen LogP contribution in [0.2, 0.25) is 0 Å². The van der Waals surface area contributed by atoms with Gasteiger partial charge in [0.2, 0.25) is 15.0 Å². The van der Waals surface area contributed by atoms with Gasteiger partial charge >= 0.3 is 0 Å². The second-order valence-corrected chi connectivity index (χ2v) is 7.88. The molecule has 1 aromatic carbocycles. The molecule has 1 amide bonds. The van der Waals surface area contributed by atoms with E-state index < -0.39 is 14.3 Å². The zero-order valence-corrected chi connectivity index (χ0v) is 13.4. The number of halogens is 1. The maximum Gasteiger partial charge on any atom is 0.237 e. The van der Waals surface area contributed by atoms with E-state index >= 15 is 0 Å². The molecule has 1 aliphatic heterocycles. The molecule has 116 valence electrons. The number of carbonyl (C=O) groups excluding carboxylic acids is 1. The SMILES string of the molecule is CCOc1cccc(CCN2CC(S(=O)(=O)Cl)CC2=O)c1. The van der Waals surface area contributed by atoms with Crippen molar-refractivity contribution in [3.63, 3.8) is 0 Å². The Labute approximate surface area is 129 Å². The van der Waals surface area contributed by atoms with Crippen LogP contribution in [0.15, 0.2) is 24.3 Å². The lowest BCUT2D eigenvalue weighted by Crippen LogP contribution is -2.29. The lowest BCUT2D eigenvalue weighted by molar-refractivity contribution is -0.127. The number of rotatable bonds is 6. The molecule has 1 aliphatic rings. The average Bonchev–Trinajstić information content (AvgIpc) is 2.79. The summed E-state index contributed by atoms with van der Waals surface area (Å²) in [5, 5.41) is -0.790. The normalized spacial score (nSPS) is 19.0. The van der Waals surface area contributed by atoms with Crippen molar-refractivity contribution in [1.29, 1.82) is 0 Å². The third-order valence-electron chi connectivity index (χ3n) is 3.46. The summed E-state index contributed by atoms with van der Waals surface area (Å²) in [5.41, 5.74) is 1.05. The van der Waals surface area contributed by atoms with E-state index in [0.29, 0.717) is 19.6 Å². The summed E-state index contributed by atoms with van der Waals surface area (Å²) in [6.07, 6.45) is 0.631. The highest BCUT2D eigenvalue weighted by molar-refractivity contribution is 8.14. The minimum Gasteiger partial charge on any atom is -0.494 e. The number of amides is 1. The number of likely N-dealkylation sites (tertiary alicyclic amines) is 1. The van der Waals surface area contributed by atoms with Crippen LogP contribution in [-0.4, -0.2) is 44.2 Å². The predicted octanol–water partition coefficient (Wildman–Crippen LogP) is 1.80. The van der Waals surface area contributed by atoms with Gasteiger partial charge in [0, 0.05) is 30.2 Å². The highest BCUT2D eigenvalue weighted by Gasteiger charge is 2.36. The number of benzene rings is 1. The average molecular weight is 332 g/mol. The fourth-order valence-corrected chi connectivity index (χ4v) is 3.42. The Hall–Kier alpha value is -1.27. The van der Waals surface area contributed by atoms with Crippen LogP contribution < -0.4 is 4.74 Å². The van der Waals surface area contributed by atoms with Crippen LogP contribution in [0.1, 0.15) is 18.9 Å². The molecule has 1 unspecified atom stereocenters. The van der Waals surface area contributed by atoms with Crippen molar-refractivity contribution in [2.75, 3.05) is 19.7 Å². The topological polar surface area (TPSA) is 63.7 Å². The first-order valence-electron chi connectivity index (χ1n) is 6.83. The van der Waals surface area contributed by atoms with Gasteiger partial charge in [-0.25, -0.2) is 8.42 Å². The molecule has 0 radical (unpaired) electrons. The summed E-state index contributed by atoms with van der Waals surface area (Å²) in [5.74, 6) is 0.633. The Morgan fingerprint density at radius 2 is 2.19 bits per heavy atom. The minimum absolute atomic E-state index is 0.0230. The Morgan fingerprint density at radius 3 is 2.81 bits per heavy atom. The van der Waals surface area contributed by atoms with Crippen LogP contribution in [0, 0.1) is 0 Å². The molecule has 0 aliphatic carbocycles. The van der Waals surface area contributed by atoms with E-state index in [2.05, 4.69) is 0 Å². The molecule has 0 aromatic heterocycles. The van der Waals surface area contributed by atoms with E-state index in [1.165, 1.54) is 0 Å². The first kappa shape index (κ1) is 16.1. The molecule has 0 bridgehead atoms. The van der Waals surface area contributed by atoms with E-state index in [9.17, 15) is 13.2 Å². The van der Waals surface area contributed by atoms with E-state index in [0.717, 1.165) is 11.3 Å². The van der Waals surface area contributed by atoms with Gasteiger partial charge in [0.15, 0.2) is 0 Å². The summed E-state index contributed by atoms with van der Waals surface area (Å²) in [4.78, 5) is 13.4. The largest absolute Gasteiger partial charge is 0.494 e. The highest BCUT2D eigenvalue weighted by Crippen LogP contribution is 2.22. The van der Waals surface area contributed by atoms with Gasteiger partial charge in [0.25, 0.3) is 0 Å². The highest BCUT2D eigenvalue weighted by atomic mass is 35.7. The number of nitrogens with zero attached hydrogens (tertiary/aromatic N) is 1. The quantitative estimate of drug-likeness (QED) is 0.746. The van der Waals surface area contributed by atoms with Crippen LogP contribution in [0.4, 0.5) is 0 Å².